The topological polar surface area (TPSA) is 95.1 Å². The fraction of sp³-hybridized carbons (Fsp3) is 0.500. The van der Waals surface area contributed by atoms with Crippen molar-refractivity contribution in [3.8, 4) is 0 Å². The van der Waals surface area contributed by atoms with Gasteiger partial charge in [-0.25, -0.2) is 4.79 Å². The lowest BCUT2D eigenvalue weighted by molar-refractivity contribution is -0.139. The molecular weight excluding hydrogens is 278 g/mol. The summed E-state index contributed by atoms with van der Waals surface area (Å²) < 4.78 is 0. The first kappa shape index (κ1) is 14.8. The van der Waals surface area contributed by atoms with Crippen LogP contribution in [0.3, 0.4) is 0 Å². The molecule has 0 saturated heterocycles. The Kier molecular flexibility index (Phi) is 5.49. The first-order valence-electron chi connectivity index (χ1n) is 5.20. The molecule has 1 aromatic rings. The monoisotopic (exact) mass is 291 g/mol. The van der Waals surface area contributed by atoms with E-state index >= 15 is 0 Å². The minimum Gasteiger partial charge on any atom is -0.480 e. The number of hydrogen-bond acceptors (Lipinski definition) is 4. The number of rotatable bonds is 6. The van der Waals surface area contributed by atoms with Gasteiger partial charge in [-0.2, -0.15) is 16.9 Å². The summed E-state index contributed by atoms with van der Waals surface area (Å²) in [5, 5.41) is 17.9. The van der Waals surface area contributed by atoms with Crippen molar-refractivity contribution in [2.45, 2.75) is 19.4 Å². The molecule has 8 heteroatoms. The number of thioether (sulfide) groups is 1. The Bertz CT molecular complexity index is 450. The normalized spacial score (nSPS) is 12.2. The molecule has 1 atom stereocenters. The van der Waals surface area contributed by atoms with Gasteiger partial charge >= 0.3 is 5.97 Å². The smallest absolute Gasteiger partial charge is 0.326 e. The van der Waals surface area contributed by atoms with Gasteiger partial charge in [-0.15, -0.1) is 0 Å². The molecule has 0 aromatic carbocycles. The molecule has 0 spiro atoms. The van der Waals surface area contributed by atoms with Gasteiger partial charge in [0, 0.05) is 0 Å². The second-order valence-corrected chi connectivity index (χ2v) is 5.02. The summed E-state index contributed by atoms with van der Waals surface area (Å²) in [6.07, 6.45) is 2.22. The van der Waals surface area contributed by atoms with Crippen molar-refractivity contribution in [2.24, 2.45) is 0 Å². The van der Waals surface area contributed by atoms with Gasteiger partial charge in [0.05, 0.1) is 10.7 Å². The highest BCUT2D eigenvalue weighted by Gasteiger charge is 2.23. The fourth-order valence-corrected chi connectivity index (χ4v) is 1.93. The molecule has 0 aliphatic heterocycles. The van der Waals surface area contributed by atoms with E-state index in [0.717, 1.165) is 0 Å². The number of H-pyrrole nitrogens is 1. The number of carbonyl (C=O) groups is 2. The number of amides is 1. The third kappa shape index (κ3) is 3.64. The predicted molar refractivity (Wildman–Crippen MR) is 70.2 cm³/mol. The van der Waals surface area contributed by atoms with Crippen molar-refractivity contribution in [2.75, 3.05) is 12.0 Å². The predicted octanol–water partition coefficient (Wildman–Crippen LogP) is 1.31. The van der Waals surface area contributed by atoms with E-state index in [2.05, 4.69) is 15.5 Å². The Hall–Kier alpha value is -1.21. The van der Waals surface area contributed by atoms with Gasteiger partial charge in [-0.1, -0.05) is 11.6 Å². The Labute approximate surface area is 113 Å². The largest absolute Gasteiger partial charge is 0.480 e. The van der Waals surface area contributed by atoms with Gasteiger partial charge in [0.2, 0.25) is 0 Å². The van der Waals surface area contributed by atoms with Crippen LogP contribution < -0.4 is 5.32 Å². The minimum atomic E-state index is -1.07. The highest BCUT2D eigenvalue weighted by molar-refractivity contribution is 7.98. The second-order valence-electron chi connectivity index (χ2n) is 3.66. The van der Waals surface area contributed by atoms with Crippen LogP contribution in [0.4, 0.5) is 0 Å². The summed E-state index contributed by atoms with van der Waals surface area (Å²) in [4.78, 5) is 22.8. The quantitative estimate of drug-likeness (QED) is 0.734. The summed E-state index contributed by atoms with van der Waals surface area (Å²) in [6.45, 7) is 1.68. The van der Waals surface area contributed by atoms with Crippen LogP contribution >= 0.6 is 23.4 Å². The molecule has 0 aliphatic carbocycles. The number of nitrogens with one attached hydrogen (secondary N) is 2. The van der Waals surface area contributed by atoms with Gasteiger partial charge in [-0.05, 0) is 25.4 Å². The summed E-state index contributed by atoms with van der Waals surface area (Å²) >= 11 is 7.38. The van der Waals surface area contributed by atoms with Crippen LogP contribution in [0, 0.1) is 6.92 Å². The SMILES string of the molecule is CSCC[C@@H](NC(=O)c1n[nH]c(C)c1Cl)C(=O)O. The Balaban J connectivity index is 2.72. The zero-order valence-corrected chi connectivity index (χ0v) is 11.6. The standard InChI is InChI=1S/C10H14ClN3O3S/c1-5-7(11)8(14-13-5)9(15)12-6(10(16)17)3-4-18-2/h6H,3-4H2,1-2H3,(H,12,15)(H,13,14)(H,16,17)/t6-/m1/s1. The third-order valence-electron chi connectivity index (χ3n) is 2.30. The molecule has 1 rings (SSSR count). The van der Waals surface area contributed by atoms with Crippen LogP contribution in [0.5, 0.6) is 0 Å². The molecule has 0 aliphatic rings. The first-order chi connectivity index (χ1) is 8.47. The van der Waals surface area contributed by atoms with Crippen molar-refractivity contribution >= 4 is 35.2 Å². The lowest BCUT2D eigenvalue weighted by Gasteiger charge is -2.12. The number of aryl methyl sites for hydroxylation is 1. The fourth-order valence-electron chi connectivity index (χ4n) is 1.29. The van der Waals surface area contributed by atoms with Crippen LogP contribution in [-0.2, 0) is 4.79 Å². The molecule has 1 aromatic heterocycles. The average molecular weight is 292 g/mol. The van der Waals surface area contributed by atoms with Gasteiger partial charge in [-0.3, -0.25) is 9.89 Å². The molecule has 3 N–H and O–H groups in total. The molecule has 1 amide bonds. The zero-order valence-electron chi connectivity index (χ0n) is 9.99. The van der Waals surface area contributed by atoms with Crippen molar-refractivity contribution in [3.63, 3.8) is 0 Å². The van der Waals surface area contributed by atoms with Crippen LogP contribution in [0.2, 0.25) is 5.02 Å². The molecule has 6 nitrogen and oxygen atoms in total. The molecular formula is C10H14ClN3O3S. The minimum absolute atomic E-state index is 0.0181. The van der Waals surface area contributed by atoms with Crippen LogP contribution in [0.25, 0.3) is 0 Å². The number of carboxylic acids is 1. The molecule has 18 heavy (non-hydrogen) atoms. The number of aromatic amines is 1. The molecule has 0 radical (unpaired) electrons. The van der Waals surface area contributed by atoms with Crippen molar-refractivity contribution in [1.82, 2.24) is 15.5 Å². The van der Waals surface area contributed by atoms with E-state index in [1.807, 2.05) is 6.26 Å². The highest BCUT2D eigenvalue weighted by Crippen LogP contribution is 2.17. The van der Waals surface area contributed by atoms with Crippen molar-refractivity contribution in [3.05, 3.63) is 16.4 Å². The van der Waals surface area contributed by atoms with Crippen LogP contribution in [0.15, 0.2) is 0 Å². The highest BCUT2D eigenvalue weighted by atomic mass is 35.5. The second kappa shape index (κ2) is 6.65. The Morgan fingerprint density at radius 2 is 2.28 bits per heavy atom. The van der Waals surface area contributed by atoms with E-state index in [1.54, 1.807) is 6.92 Å². The molecule has 1 heterocycles. The van der Waals surface area contributed by atoms with Crippen molar-refractivity contribution < 1.29 is 14.7 Å². The number of aromatic nitrogens is 2. The van der Waals surface area contributed by atoms with E-state index in [9.17, 15) is 9.59 Å². The molecule has 100 valence electrons. The van der Waals surface area contributed by atoms with E-state index in [0.29, 0.717) is 17.9 Å². The Morgan fingerprint density at radius 1 is 1.61 bits per heavy atom. The molecule has 0 saturated carbocycles. The van der Waals surface area contributed by atoms with Gasteiger partial charge in [0.25, 0.3) is 5.91 Å². The summed E-state index contributed by atoms with van der Waals surface area (Å²) in [5.41, 5.74) is 0.586. The summed E-state index contributed by atoms with van der Waals surface area (Å²) in [6, 6.07) is -0.932. The van der Waals surface area contributed by atoms with Crippen LogP contribution in [0.1, 0.15) is 22.6 Å². The lowest BCUT2D eigenvalue weighted by atomic mass is 10.2. The van der Waals surface area contributed by atoms with Crippen molar-refractivity contribution in [1.29, 1.82) is 0 Å². The maximum Gasteiger partial charge on any atom is 0.326 e. The number of hydrogen-bond donors (Lipinski definition) is 3. The number of nitrogens with zero attached hydrogens (tertiary/aromatic N) is 1. The molecule has 0 fully saturated rings. The van der Waals surface area contributed by atoms with Gasteiger partial charge < -0.3 is 10.4 Å². The van der Waals surface area contributed by atoms with E-state index < -0.39 is 17.9 Å². The number of aliphatic carboxylic acids is 1. The summed E-state index contributed by atoms with van der Waals surface area (Å²) in [5.74, 6) is -1.01. The molecule has 0 unspecified atom stereocenters. The van der Waals surface area contributed by atoms with E-state index in [4.69, 9.17) is 16.7 Å². The lowest BCUT2D eigenvalue weighted by Crippen LogP contribution is -2.41. The summed E-state index contributed by atoms with van der Waals surface area (Å²) in [7, 11) is 0. The first-order valence-corrected chi connectivity index (χ1v) is 6.97. The average Bonchev–Trinajstić information content (AvgIpc) is 2.65. The zero-order chi connectivity index (χ0) is 13.7. The van der Waals surface area contributed by atoms with E-state index in [1.165, 1.54) is 11.8 Å². The maximum atomic E-state index is 11.8. The maximum absolute atomic E-state index is 11.8. The van der Waals surface area contributed by atoms with Gasteiger partial charge in [0.15, 0.2) is 5.69 Å². The number of halogens is 1. The van der Waals surface area contributed by atoms with Gasteiger partial charge in [0.1, 0.15) is 6.04 Å². The Morgan fingerprint density at radius 3 is 2.72 bits per heavy atom. The van der Waals surface area contributed by atoms with Crippen LogP contribution in [-0.4, -0.2) is 45.2 Å². The van der Waals surface area contributed by atoms with E-state index in [-0.39, 0.29) is 10.7 Å². The number of carboxylic acid groups (broad SMARTS) is 1. The number of carbonyl (C=O) groups excluding carboxylic acids is 1. The third-order valence-corrected chi connectivity index (χ3v) is 3.41. The molecule has 0 bridgehead atoms.